The van der Waals surface area contributed by atoms with Crippen LogP contribution in [0.25, 0.3) is 0 Å². The Hall–Kier alpha value is -0.380. The molecule has 15 heavy (non-hydrogen) atoms. The van der Waals surface area contributed by atoms with Gasteiger partial charge in [-0.1, -0.05) is 12.5 Å². The Balaban J connectivity index is 2.20. The van der Waals surface area contributed by atoms with Crippen molar-refractivity contribution in [3.63, 3.8) is 0 Å². The van der Waals surface area contributed by atoms with Gasteiger partial charge in [-0.2, -0.15) is 0 Å². The van der Waals surface area contributed by atoms with Gasteiger partial charge in [0.15, 0.2) is 0 Å². The second-order valence-electron chi connectivity index (χ2n) is 4.13. The number of ether oxygens (including phenoxy) is 1. The summed E-state index contributed by atoms with van der Waals surface area (Å²) in [5, 5.41) is 3.44. The molecule has 3 nitrogen and oxygen atoms in total. The first-order chi connectivity index (χ1) is 7.38. The Morgan fingerprint density at radius 1 is 1.53 bits per heavy atom. The molecule has 0 saturated carbocycles. The molecule has 1 aliphatic rings. The molecule has 1 unspecified atom stereocenters. The van der Waals surface area contributed by atoms with Gasteiger partial charge in [0.25, 0.3) is 0 Å². The van der Waals surface area contributed by atoms with Crippen LogP contribution in [0.5, 0.6) is 0 Å². The quantitative estimate of drug-likeness (QED) is 0.508. The first kappa shape index (κ1) is 12.7. The van der Waals surface area contributed by atoms with Crippen LogP contribution in [0, 0.1) is 0 Å². The third-order valence-corrected chi connectivity index (χ3v) is 2.98. The third-order valence-electron chi connectivity index (χ3n) is 2.98. The molecule has 0 spiro atoms. The molecule has 0 aliphatic carbocycles. The van der Waals surface area contributed by atoms with Crippen molar-refractivity contribution < 1.29 is 4.74 Å². The van der Waals surface area contributed by atoms with E-state index in [-0.39, 0.29) is 0 Å². The van der Waals surface area contributed by atoms with Crippen molar-refractivity contribution in [1.29, 1.82) is 0 Å². The highest BCUT2D eigenvalue weighted by Gasteiger charge is 2.20. The van der Waals surface area contributed by atoms with E-state index in [4.69, 9.17) is 4.74 Å². The van der Waals surface area contributed by atoms with Crippen molar-refractivity contribution in [3.05, 3.63) is 12.7 Å². The van der Waals surface area contributed by atoms with E-state index < -0.39 is 0 Å². The molecule has 3 heteroatoms. The molecule has 0 aromatic rings. The van der Waals surface area contributed by atoms with E-state index in [0.29, 0.717) is 6.04 Å². The van der Waals surface area contributed by atoms with Gasteiger partial charge in [-0.3, -0.25) is 4.90 Å². The van der Waals surface area contributed by atoms with Crippen LogP contribution in [0.3, 0.4) is 0 Å². The molecule has 0 amide bonds. The Bertz CT molecular complexity index is 173. The van der Waals surface area contributed by atoms with Gasteiger partial charge in [-0.25, -0.2) is 0 Å². The summed E-state index contributed by atoms with van der Waals surface area (Å²) >= 11 is 0. The van der Waals surface area contributed by atoms with Crippen LogP contribution in [0.15, 0.2) is 12.7 Å². The van der Waals surface area contributed by atoms with Gasteiger partial charge in [0, 0.05) is 32.8 Å². The Morgan fingerprint density at radius 3 is 3.13 bits per heavy atom. The van der Waals surface area contributed by atoms with Crippen LogP contribution in [0.4, 0.5) is 0 Å². The molecule has 0 radical (unpaired) electrons. The maximum Gasteiger partial charge on any atom is 0.0587 e. The minimum atomic E-state index is 0.689. The van der Waals surface area contributed by atoms with Gasteiger partial charge in [0.05, 0.1) is 6.61 Å². The first-order valence-electron chi connectivity index (χ1n) is 5.93. The zero-order valence-corrected chi connectivity index (χ0v) is 9.87. The standard InChI is InChI=1S/C12H24N2O/c1-3-8-14-9-5-4-6-12(14)11-13-7-10-15-2/h3,12-13H,1,4-11H2,2H3. The molecule has 0 aromatic heterocycles. The lowest BCUT2D eigenvalue weighted by Crippen LogP contribution is -2.45. The zero-order valence-electron chi connectivity index (χ0n) is 9.87. The average molecular weight is 212 g/mol. The SMILES string of the molecule is C=CCN1CCCCC1CNCCOC. The number of methoxy groups -OCH3 is 1. The van der Waals surface area contributed by atoms with E-state index in [0.717, 1.165) is 26.2 Å². The molecule has 0 aromatic carbocycles. The fraction of sp³-hybridized carbons (Fsp3) is 0.833. The van der Waals surface area contributed by atoms with E-state index in [2.05, 4.69) is 16.8 Å². The second-order valence-corrected chi connectivity index (χ2v) is 4.13. The van der Waals surface area contributed by atoms with E-state index in [1.165, 1.54) is 25.8 Å². The molecule has 1 atom stereocenters. The lowest BCUT2D eigenvalue weighted by atomic mass is 10.0. The van der Waals surface area contributed by atoms with Crippen molar-refractivity contribution in [2.75, 3.05) is 39.9 Å². The molecule has 1 heterocycles. The minimum absolute atomic E-state index is 0.689. The van der Waals surface area contributed by atoms with Gasteiger partial charge in [-0.05, 0) is 19.4 Å². The molecule has 1 fully saturated rings. The predicted octanol–water partition coefficient (Wildman–Crippen LogP) is 1.26. The fourth-order valence-corrected chi connectivity index (χ4v) is 2.14. The highest BCUT2D eigenvalue weighted by Crippen LogP contribution is 2.15. The van der Waals surface area contributed by atoms with Gasteiger partial charge in [-0.15, -0.1) is 6.58 Å². The summed E-state index contributed by atoms with van der Waals surface area (Å²) in [6.45, 7) is 8.90. The van der Waals surface area contributed by atoms with E-state index in [1.807, 2.05) is 6.08 Å². The van der Waals surface area contributed by atoms with E-state index >= 15 is 0 Å². The van der Waals surface area contributed by atoms with Gasteiger partial charge >= 0.3 is 0 Å². The molecule has 0 bridgehead atoms. The van der Waals surface area contributed by atoms with Crippen molar-refractivity contribution >= 4 is 0 Å². The Morgan fingerprint density at radius 2 is 2.40 bits per heavy atom. The number of piperidine rings is 1. The highest BCUT2D eigenvalue weighted by molar-refractivity contribution is 4.83. The number of hydrogen-bond acceptors (Lipinski definition) is 3. The molecule has 1 saturated heterocycles. The topological polar surface area (TPSA) is 24.5 Å². The molecular formula is C12H24N2O. The van der Waals surface area contributed by atoms with Crippen LogP contribution >= 0.6 is 0 Å². The van der Waals surface area contributed by atoms with Crippen LogP contribution in [0.1, 0.15) is 19.3 Å². The van der Waals surface area contributed by atoms with Crippen LogP contribution < -0.4 is 5.32 Å². The van der Waals surface area contributed by atoms with Crippen molar-refractivity contribution in [2.24, 2.45) is 0 Å². The largest absolute Gasteiger partial charge is 0.383 e. The van der Waals surface area contributed by atoms with E-state index in [1.54, 1.807) is 7.11 Å². The summed E-state index contributed by atoms with van der Waals surface area (Å²) < 4.78 is 5.01. The third kappa shape index (κ3) is 4.78. The maximum absolute atomic E-state index is 5.01. The van der Waals surface area contributed by atoms with Crippen molar-refractivity contribution in [1.82, 2.24) is 10.2 Å². The number of nitrogens with one attached hydrogen (secondary N) is 1. The molecular weight excluding hydrogens is 188 g/mol. The molecule has 1 N–H and O–H groups in total. The Kier molecular flexibility index (Phi) is 6.64. The highest BCUT2D eigenvalue weighted by atomic mass is 16.5. The summed E-state index contributed by atoms with van der Waals surface area (Å²) in [5.74, 6) is 0. The smallest absolute Gasteiger partial charge is 0.0587 e. The molecule has 1 rings (SSSR count). The predicted molar refractivity (Wildman–Crippen MR) is 64.2 cm³/mol. The summed E-state index contributed by atoms with van der Waals surface area (Å²) in [6, 6.07) is 0.689. The maximum atomic E-state index is 5.01. The number of rotatable bonds is 7. The lowest BCUT2D eigenvalue weighted by molar-refractivity contribution is 0.154. The monoisotopic (exact) mass is 212 g/mol. The average Bonchev–Trinajstić information content (AvgIpc) is 2.27. The van der Waals surface area contributed by atoms with E-state index in [9.17, 15) is 0 Å². The lowest BCUT2D eigenvalue weighted by Gasteiger charge is -2.35. The van der Waals surface area contributed by atoms with Crippen LogP contribution in [0.2, 0.25) is 0 Å². The minimum Gasteiger partial charge on any atom is -0.383 e. The number of likely N-dealkylation sites (tertiary alicyclic amines) is 1. The fourth-order valence-electron chi connectivity index (χ4n) is 2.14. The normalized spacial score (nSPS) is 22.9. The molecule has 1 aliphatic heterocycles. The van der Waals surface area contributed by atoms with Crippen LogP contribution in [-0.4, -0.2) is 50.8 Å². The number of nitrogens with zero attached hydrogens (tertiary/aromatic N) is 1. The molecule has 88 valence electrons. The van der Waals surface area contributed by atoms with Gasteiger partial charge < -0.3 is 10.1 Å². The van der Waals surface area contributed by atoms with Crippen LogP contribution in [-0.2, 0) is 4.74 Å². The Labute approximate surface area is 93.5 Å². The summed E-state index contributed by atoms with van der Waals surface area (Å²) in [7, 11) is 1.74. The van der Waals surface area contributed by atoms with Crippen molar-refractivity contribution in [2.45, 2.75) is 25.3 Å². The second kappa shape index (κ2) is 7.85. The van der Waals surface area contributed by atoms with Gasteiger partial charge in [0.2, 0.25) is 0 Å². The van der Waals surface area contributed by atoms with Crippen molar-refractivity contribution in [3.8, 4) is 0 Å². The number of hydrogen-bond donors (Lipinski definition) is 1. The summed E-state index contributed by atoms with van der Waals surface area (Å²) in [5.41, 5.74) is 0. The summed E-state index contributed by atoms with van der Waals surface area (Å²) in [6.07, 6.45) is 6.02. The zero-order chi connectivity index (χ0) is 10.9. The first-order valence-corrected chi connectivity index (χ1v) is 5.93. The van der Waals surface area contributed by atoms with Gasteiger partial charge in [0.1, 0.15) is 0 Å². The summed E-state index contributed by atoms with van der Waals surface area (Å²) in [4.78, 5) is 2.52.